The first kappa shape index (κ1) is 20.4. The van der Waals surface area contributed by atoms with E-state index in [1.807, 2.05) is 32.0 Å². The summed E-state index contributed by atoms with van der Waals surface area (Å²) in [6.45, 7) is 7.76. The first-order valence-corrected chi connectivity index (χ1v) is 9.76. The van der Waals surface area contributed by atoms with Crippen LogP contribution >= 0.6 is 23.2 Å². The van der Waals surface area contributed by atoms with E-state index in [1.165, 1.54) is 11.1 Å². The lowest BCUT2D eigenvalue weighted by molar-refractivity contribution is -0.123. The number of amides is 1. The maximum absolute atomic E-state index is 12.4. The molecule has 3 aromatic rings. The van der Waals surface area contributed by atoms with Gasteiger partial charge in [0.15, 0.2) is 12.4 Å². The number of ether oxygens (including phenoxy) is 1. The summed E-state index contributed by atoms with van der Waals surface area (Å²) in [6, 6.07) is 11.4. The van der Waals surface area contributed by atoms with Crippen LogP contribution in [0.5, 0.6) is 5.75 Å². The van der Waals surface area contributed by atoms with Gasteiger partial charge in [-0.1, -0.05) is 41.4 Å². The highest BCUT2D eigenvalue weighted by Gasteiger charge is 2.16. The number of nitrogens with one attached hydrogen (secondary N) is 1. The van der Waals surface area contributed by atoms with Gasteiger partial charge in [-0.3, -0.25) is 4.79 Å². The molecule has 0 saturated carbocycles. The molecular formula is C22H22Cl2N2O2. The Labute approximate surface area is 174 Å². The van der Waals surface area contributed by atoms with Crippen molar-refractivity contribution in [3.63, 3.8) is 0 Å². The van der Waals surface area contributed by atoms with Crippen molar-refractivity contribution in [1.82, 2.24) is 10.3 Å². The molecule has 0 saturated heterocycles. The number of nitrogens with zero attached hydrogens (tertiary/aromatic N) is 1. The minimum absolute atomic E-state index is 0.131. The van der Waals surface area contributed by atoms with Crippen molar-refractivity contribution in [2.75, 3.05) is 6.61 Å². The average molecular weight is 417 g/mol. The minimum Gasteiger partial charge on any atom is -0.480 e. The Morgan fingerprint density at radius 1 is 1.07 bits per heavy atom. The molecule has 2 aromatic carbocycles. The normalized spacial score (nSPS) is 12.1. The van der Waals surface area contributed by atoms with E-state index in [-0.39, 0.29) is 18.6 Å². The molecule has 6 heteroatoms. The topological polar surface area (TPSA) is 51.2 Å². The number of aryl methyl sites for hydroxylation is 3. The lowest BCUT2D eigenvalue weighted by Gasteiger charge is -2.17. The van der Waals surface area contributed by atoms with Crippen molar-refractivity contribution in [2.24, 2.45) is 0 Å². The predicted molar refractivity (Wildman–Crippen MR) is 114 cm³/mol. The third kappa shape index (κ3) is 4.40. The molecule has 1 N–H and O–H groups in total. The number of fused-ring (bicyclic) bond motifs is 1. The van der Waals surface area contributed by atoms with Gasteiger partial charge in [-0.05, 0) is 62.6 Å². The number of carbonyl (C=O) groups excluding carboxylic acids is 1. The molecule has 0 radical (unpaired) electrons. The maximum Gasteiger partial charge on any atom is 0.258 e. The Balaban J connectivity index is 1.74. The van der Waals surface area contributed by atoms with Crippen LogP contribution in [-0.2, 0) is 4.79 Å². The van der Waals surface area contributed by atoms with Crippen molar-refractivity contribution in [3.05, 3.63) is 68.8 Å². The third-order valence-electron chi connectivity index (χ3n) is 4.73. The predicted octanol–water partition coefficient (Wildman–Crippen LogP) is 5.72. The van der Waals surface area contributed by atoms with E-state index in [1.54, 1.807) is 6.07 Å². The van der Waals surface area contributed by atoms with Crippen molar-refractivity contribution in [2.45, 2.75) is 33.7 Å². The van der Waals surface area contributed by atoms with Gasteiger partial charge in [-0.25, -0.2) is 4.98 Å². The molecule has 146 valence electrons. The summed E-state index contributed by atoms with van der Waals surface area (Å²) in [5.74, 6) is 0.122. The summed E-state index contributed by atoms with van der Waals surface area (Å²) >= 11 is 12.5. The third-order valence-corrected chi connectivity index (χ3v) is 5.33. The Morgan fingerprint density at radius 2 is 1.82 bits per heavy atom. The van der Waals surface area contributed by atoms with E-state index < -0.39 is 0 Å². The van der Waals surface area contributed by atoms with E-state index in [4.69, 9.17) is 27.9 Å². The van der Waals surface area contributed by atoms with Crippen LogP contribution < -0.4 is 10.1 Å². The second-order valence-electron chi connectivity index (χ2n) is 6.94. The van der Waals surface area contributed by atoms with E-state index in [9.17, 15) is 4.79 Å². The summed E-state index contributed by atoms with van der Waals surface area (Å²) in [4.78, 5) is 16.9. The summed E-state index contributed by atoms with van der Waals surface area (Å²) in [5, 5.41) is 4.50. The van der Waals surface area contributed by atoms with Crippen LogP contribution in [0.25, 0.3) is 10.9 Å². The summed E-state index contributed by atoms with van der Waals surface area (Å²) in [6.07, 6.45) is 0. The molecule has 0 aliphatic rings. The van der Waals surface area contributed by atoms with Gasteiger partial charge >= 0.3 is 0 Å². The van der Waals surface area contributed by atoms with Crippen molar-refractivity contribution in [3.8, 4) is 5.75 Å². The highest BCUT2D eigenvalue weighted by atomic mass is 35.5. The smallest absolute Gasteiger partial charge is 0.258 e. The van der Waals surface area contributed by atoms with Crippen LogP contribution in [0, 0.1) is 20.8 Å². The lowest BCUT2D eigenvalue weighted by atomic mass is 10.0. The number of benzene rings is 2. The van der Waals surface area contributed by atoms with E-state index in [0.717, 1.165) is 16.6 Å². The molecule has 1 atom stereocenters. The molecule has 4 nitrogen and oxygen atoms in total. The largest absolute Gasteiger partial charge is 0.480 e. The zero-order chi connectivity index (χ0) is 20.4. The second kappa shape index (κ2) is 8.38. The van der Waals surface area contributed by atoms with Crippen LogP contribution in [-0.4, -0.2) is 17.5 Å². The minimum atomic E-state index is -0.238. The molecular weight excluding hydrogens is 395 g/mol. The lowest BCUT2D eigenvalue weighted by Crippen LogP contribution is -2.31. The van der Waals surface area contributed by atoms with Crippen LogP contribution in [0.4, 0.5) is 0 Å². The quantitative estimate of drug-likeness (QED) is 0.578. The summed E-state index contributed by atoms with van der Waals surface area (Å²) in [5.41, 5.74) is 4.81. The van der Waals surface area contributed by atoms with E-state index >= 15 is 0 Å². The van der Waals surface area contributed by atoms with Crippen LogP contribution in [0.1, 0.15) is 35.3 Å². The fraction of sp³-hybridized carbons (Fsp3) is 0.273. The highest BCUT2D eigenvalue weighted by Crippen LogP contribution is 2.37. The number of pyridine rings is 1. The van der Waals surface area contributed by atoms with E-state index in [2.05, 4.69) is 36.3 Å². The zero-order valence-corrected chi connectivity index (χ0v) is 17.8. The fourth-order valence-electron chi connectivity index (χ4n) is 2.97. The number of hydrogen-bond donors (Lipinski definition) is 1. The molecule has 0 fully saturated rings. The molecule has 28 heavy (non-hydrogen) atoms. The molecule has 0 bridgehead atoms. The molecule has 0 spiro atoms. The Kier molecular flexibility index (Phi) is 6.11. The van der Waals surface area contributed by atoms with Gasteiger partial charge in [-0.2, -0.15) is 0 Å². The first-order valence-electron chi connectivity index (χ1n) is 9.01. The summed E-state index contributed by atoms with van der Waals surface area (Å²) in [7, 11) is 0. The second-order valence-corrected chi connectivity index (χ2v) is 7.75. The number of halogens is 2. The van der Waals surface area contributed by atoms with Gasteiger partial charge in [0, 0.05) is 11.1 Å². The van der Waals surface area contributed by atoms with Gasteiger partial charge < -0.3 is 10.1 Å². The standard InChI is InChI=1S/C22H22Cl2N2O2/c1-12-5-7-16(9-13(12)2)15(4)26-20(27)11-28-22-19(24)10-18(23)17-8-6-14(3)25-21(17)22/h5-10,15H,11H2,1-4H3,(H,26,27)/t15-/m0/s1. The van der Waals surface area contributed by atoms with Gasteiger partial charge in [0.2, 0.25) is 0 Å². The van der Waals surface area contributed by atoms with E-state index in [0.29, 0.717) is 21.3 Å². The molecule has 1 heterocycles. The fourth-order valence-corrected chi connectivity index (χ4v) is 3.54. The average Bonchev–Trinajstić information content (AvgIpc) is 2.63. The highest BCUT2D eigenvalue weighted by molar-refractivity contribution is 6.39. The number of rotatable bonds is 5. The van der Waals surface area contributed by atoms with Crippen molar-refractivity contribution >= 4 is 40.0 Å². The molecule has 1 aromatic heterocycles. The van der Waals surface area contributed by atoms with Gasteiger partial charge in [0.25, 0.3) is 5.91 Å². The van der Waals surface area contributed by atoms with Crippen molar-refractivity contribution < 1.29 is 9.53 Å². The van der Waals surface area contributed by atoms with Crippen LogP contribution in [0.15, 0.2) is 36.4 Å². The van der Waals surface area contributed by atoms with Gasteiger partial charge in [0.05, 0.1) is 16.1 Å². The molecule has 0 aliphatic carbocycles. The summed E-state index contributed by atoms with van der Waals surface area (Å²) < 4.78 is 5.74. The number of aromatic nitrogens is 1. The van der Waals surface area contributed by atoms with Crippen LogP contribution in [0.3, 0.4) is 0 Å². The molecule has 0 aliphatic heterocycles. The monoisotopic (exact) mass is 416 g/mol. The van der Waals surface area contributed by atoms with Crippen molar-refractivity contribution in [1.29, 1.82) is 0 Å². The van der Waals surface area contributed by atoms with Gasteiger partial charge in [-0.15, -0.1) is 0 Å². The molecule has 3 rings (SSSR count). The molecule has 0 unspecified atom stereocenters. The maximum atomic E-state index is 12.4. The SMILES string of the molecule is Cc1ccc2c(Cl)cc(Cl)c(OCC(=O)N[C@@H](C)c3ccc(C)c(C)c3)c2n1. The Bertz CT molecular complexity index is 1050. The number of carbonyl (C=O) groups is 1. The molecule has 1 amide bonds. The Hall–Kier alpha value is -2.30. The zero-order valence-electron chi connectivity index (χ0n) is 16.3. The van der Waals surface area contributed by atoms with Crippen LogP contribution in [0.2, 0.25) is 10.0 Å². The first-order chi connectivity index (χ1) is 13.3. The Morgan fingerprint density at radius 3 is 2.54 bits per heavy atom. The number of hydrogen-bond acceptors (Lipinski definition) is 3. The van der Waals surface area contributed by atoms with Gasteiger partial charge in [0.1, 0.15) is 5.52 Å².